The molecule has 0 aliphatic heterocycles. The fraction of sp³-hybridized carbons (Fsp3) is 0.538. The van der Waals surface area contributed by atoms with Crippen molar-refractivity contribution in [3.05, 3.63) is 28.5 Å². The second-order valence-electron chi connectivity index (χ2n) is 3.79. The van der Waals surface area contributed by atoms with Crippen LogP contribution in [0.4, 0.5) is 0 Å². The molecule has 0 bridgehead atoms. The number of aliphatic hydroxyl groups excluding tert-OH is 1. The van der Waals surface area contributed by atoms with Crippen LogP contribution in [0.2, 0.25) is 0 Å². The Morgan fingerprint density at radius 1 is 1.40 bits per heavy atom. The first kappa shape index (κ1) is 12.5. The van der Waals surface area contributed by atoms with Gasteiger partial charge < -0.3 is 5.11 Å². The molecule has 0 aromatic carbocycles. The van der Waals surface area contributed by atoms with Crippen molar-refractivity contribution < 1.29 is 5.11 Å². The van der Waals surface area contributed by atoms with Gasteiger partial charge in [-0.25, -0.2) is 0 Å². The normalized spacial score (nSPS) is 13.5. The predicted octanol–water partition coefficient (Wildman–Crippen LogP) is 4.09. The quantitative estimate of drug-likeness (QED) is 0.692. The lowest BCUT2D eigenvalue weighted by atomic mass is 10.1. The molecule has 1 atom stereocenters. The van der Waals surface area contributed by atoms with E-state index < -0.39 is 0 Å². The molecule has 2 heteroatoms. The third-order valence-corrected chi connectivity index (χ3v) is 3.22. The lowest BCUT2D eigenvalue weighted by molar-refractivity contribution is 0.209. The molecule has 1 nitrogen and oxygen atoms in total. The van der Waals surface area contributed by atoms with E-state index in [1.54, 1.807) is 11.3 Å². The molecule has 0 fully saturated rings. The van der Waals surface area contributed by atoms with Crippen LogP contribution in [0.25, 0.3) is 6.08 Å². The van der Waals surface area contributed by atoms with Crippen LogP contribution in [-0.4, -0.2) is 11.2 Å². The van der Waals surface area contributed by atoms with Crippen molar-refractivity contribution in [3.63, 3.8) is 0 Å². The number of thiophene rings is 1. The van der Waals surface area contributed by atoms with E-state index in [1.165, 1.54) is 24.1 Å². The summed E-state index contributed by atoms with van der Waals surface area (Å²) in [5.74, 6) is 0. The van der Waals surface area contributed by atoms with Crippen molar-refractivity contribution in [1.82, 2.24) is 0 Å². The average molecular weight is 224 g/mol. The highest BCUT2D eigenvalue weighted by molar-refractivity contribution is 7.10. The van der Waals surface area contributed by atoms with Gasteiger partial charge in [-0.2, -0.15) is 0 Å². The van der Waals surface area contributed by atoms with Crippen LogP contribution < -0.4 is 0 Å². The summed E-state index contributed by atoms with van der Waals surface area (Å²) in [6.45, 7) is 2.20. The van der Waals surface area contributed by atoms with Gasteiger partial charge in [0.1, 0.15) is 0 Å². The van der Waals surface area contributed by atoms with Gasteiger partial charge in [0.05, 0.1) is 6.10 Å². The Labute approximate surface area is 96.5 Å². The first-order valence-electron chi connectivity index (χ1n) is 5.72. The van der Waals surface area contributed by atoms with Crippen molar-refractivity contribution in [2.45, 2.75) is 45.1 Å². The van der Waals surface area contributed by atoms with Gasteiger partial charge in [0.15, 0.2) is 0 Å². The van der Waals surface area contributed by atoms with Gasteiger partial charge in [-0.3, -0.25) is 0 Å². The maximum Gasteiger partial charge on any atom is 0.0724 e. The summed E-state index contributed by atoms with van der Waals surface area (Å²) in [4.78, 5) is 1.21. The fourth-order valence-electron chi connectivity index (χ4n) is 1.47. The van der Waals surface area contributed by atoms with E-state index in [1.807, 2.05) is 23.6 Å². The number of unbranched alkanes of at least 4 members (excludes halogenated alkanes) is 3. The zero-order chi connectivity index (χ0) is 10.9. The van der Waals surface area contributed by atoms with Crippen molar-refractivity contribution in [3.8, 4) is 0 Å². The Bertz CT molecular complexity index is 264. The summed E-state index contributed by atoms with van der Waals surface area (Å²) < 4.78 is 0. The Hall–Kier alpha value is -0.600. The zero-order valence-corrected chi connectivity index (χ0v) is 10.2. The molecule has 0 saturated heterocycles. The molecule has 84 valence electrons. The maximum absolute atomic E-state index is 9.67. The average Bonchev–Trinajstić information content (AvgIpc) is 2.74. The summed E-state index contributed by atoms with van der Waals surface area (Å²) in [5.41, 5.74) is 0. The molecule has 0 aliphatic carbocycles. The standard InChI is InChI=1S/C13H20OS/c1-2-3-4-5-7-12(14)9-10-13-8-6-11-15-13/h6,8-12,14H,2-5,7H2,1H3/b10-9+. The smallest absolute Gasteiger partial charge is 0.0724 e. The van der Waals surface area contributed by atoms with E-state index in [-0.39, 0.29) is 6.10 Å². The third kappa shape index (κ3) is 5.75. The molecular formula is C13H20OS. The minimum atomic E-state index is -0.274. The van der Waals surface area contributed by atoms with Gasteiger partial charge in [0, 0.05) is 4.88 Å². The Kier molecular flexibility index (Phi) is 6.37. The minimum absolute atomic E-state index is 0.274. The molecule has 1 aromatic rings. The zero-order valence-electron chi connectivity index (χ0n) is 9.36. The number of hydrogen-bond donors (Lipinski definition) is 1. The minimum Gasteiger partial charge on any atom is -0.389 e. The molecule has 1 N–H and O–H groups in total. The second-order valence-corrected chi connectivity index (χ2v) is 4.77. The molecule has 0 radical (unpaired) electrons. The molecular weight excluding hydrogens is 204 g/mol. The van der Waals surface area contributed by atoms with Gasteiger partial charge >= 0.3 is 0 Å². The Morgan fingerprint density at radius 3 is 2.93 bits per heavy atom. The van der Waals surface area contributed by atoms with Gasteiger partial charge in [-0.05, 0) is 23.9 Å². The van der Waals surface area contributed by atoms with Crippen molar-refractivity contribution >= 4 is 17.4 Å². The van der Waals surface area contributed by atoms with Gasteiger partial charge in [-0.15, -0.1) is 11.3 Å². The van der Waals surface area contributed by atoms with E-state index in [2.05, 4.69) is 13.0 Å². The van der Waals surface area contributed by atoms with Crippen LogP contribution in [-0.2, 0) is 0 Å². The highest BCUT2D eigenvalue weighted by Crippen LogP contribution is 2.12. The topological polar surface area (TPSA) is 20.2 Å². The van der Waals surface area contributed by atoms with Crippen LogP contribution in [0.15, 0.2) is 23.6 Å². The van der Waals surface area contributed by atoms with Gasteiger partial charge in [0.2, 0.25) is 0 Å². The number of rotatable bonds is 7. The summed E-state index contributed by atoms with van der Waals surface area (Å²) in [5, 5.41) is 11.7. The highest BCUT2D eigenvalue weighted by Gasteiger charge is 1.98. The number of hydrogen-bond acceptors (Lipinski definition) is 2. The van der Waals surface area contributed by atoms with E-state index in [4.69, 9.17) is 0 Å². The van der Waals surface area contributed by atoms with Crippen molar-refractivity contribution in [2.75, 3.05) is 0 Å². The first-order chi connectivity index (χ1) is 7.33. The van der Waals surface area contributed by atoms with Crippen LogP contribution in [0, 0.1) is 0 Å². The van der Waals surface area contributed by atoms with Gasteiger partial charge in [-0.1, -0.05) is 44.7 Å². The molecule has 1 unspecified atom stereocenters. The Morgan fingerprint density at radius 2 is 2.27 bits per heavy atom. The van der Waals surface area contributed by atoms with Crippen LogP contribution in [0.1, 0.15) is 43.9 Å². The summed E-state index contributed by atoms with van der Waals surface area (Å²) in [7, 11) is 0. The Balaban J connectivity index is 2.15. The molecule has 1 heterocycles. The van der Waals surface area contributed by atoms with Gasteiger partial charge in [0.25, 0.3) is 0 Å². The van der Waals surface area contributed by atoms with Crippen molar-refractivity contribution in [1.29, 1.82) is 0 Å². The van der Waals surface area contributed by atoms with E-state index in [0.29, 0.717) is 0 Å². The molecule has 0 saturated carbocycles. The lowest BCUT2D eigenvalue weighted by Crippen LogP contribution is -2.00. The summed E-state index contributed by atoms with van der Waals surface area (Å²) >= 11 is 1.70. The molecule has 1 rings (SSSR count). The number of aliphatic hydroxyl groups is 1. The lowest BCUT2D eigenvalue weighted by Gasteiger charge is -2.04. The predicted molar refractivity (Wildman–Crippen MR) is 68.1 cm³/mol. The molecule has 0 aliphatic rings. The van der Waals surface area contributed by atoms with Crippen LogP contribution in [0.5, 0.6) is 0 Å². The largest absolute Gasteiger partial charge is 0.389 e. The molecule has 0 spiro atoms. The van der Waals surface area contributed by atoms with E-state index >= 15 is 0 Å². The fourth-order valence-corrected chi connectivity index (χ4v) is 2.10. The van der Waals surface area contributed by atoms with Crippen LogP contribution >= 0.6 is 11.3 Å². The highest BCUT2D eigenvalue weighted by atomic mass is 32.1. The van der Waals surface area contributed by atoms with E-state index in [0.717, 1.165) is 12.8 Å². The maximum atomic E-state index is 9.67. The third-order valence-electron chi connectivity index (χ3n) is 2.38. The first-order valence-corrected chi connectivity index (χ1v) is 6.60. The molecule has 15 heavy (non-hydrogen) atoms. The molecule has 0 amide bonds. The van der Waals surface area contributed by atoms with E-state index in [9.17, 15) is 5.11 Å². The SMILES string of the molecule is CCCCCCC(O)/C=C/c1cccs1. The second kappa shape index (κ2) is 7.66. The monoisotopic (exact) mass is 224 g/mol. The summed E-state index contributed by atoms with van der Waals surface area (Å²) in [6, 6.07) is 4.09. The molecule has 1 aromatic heterocycles. The van der Waals surface area contributed by atoms with Crippen LogP contribution in [0.3, 0.4) is 0 Å². The summed E-state index contributed by atoms with van der Waals surface area (Å²) in [6.07, 6.45) is 9.42. The van der Waals surface area contributed by atoms with Crippen molar-refractivity contribution in [2.24, 2.45) is 0 Å².